The lowest BCUT2D eigenvalue weighted by atomic mass is 10.0. The maximum atomic E-state index is 13.4. The van der Waals surface area contributed by atoms with Crippen molar-refractivity contribution < 1.29 is 37.3 Å². The molecule has 0 aliphatic heterocycles. The molecule has 1 N–H and O–H groups in total. The Labute approximate surface area is 413 Å². The summed E-state index contributed by atoms with van der Waals surface area (Å²) in [4.78, 5) is 39.7. The Balaban J connectivity index is 5.47. The summed E-state index contributed by atoms with van der Waals surface area (Å²) in [6.07, 6.45) is 58.6. The van der Waals surface area contributed by atoms with Gasteiger partial charge in [0, 0.05) is 12.8 Å². The summed E-state index contributed by atoms with van der Waals surface area (Å²) in [5.41, 5.74) is 0. The number of hydrogen-bond donors (Lipinski definition) is 1. The van der Waals surface area contributed by atoms with Crippen LogP contribution in [0.3, 0.4) is 0 Å². The van der Waals surface area contributed by atoms with E-state index < -0.39 is 26.6 Å². The number of hydrogen-bond acceptors (Lipinski definition) is 7. The third-order valence-corrected chi connectivity index (χ3v) is 12.7. The first kappa shape index (κ1) is 64.5. The van der Waals surface area contributed by atoms with Crippen molar-refractivity contribution in [3.8, 4) is 0 Å². The fourth-order valence-electron chi connectivity index (χ4n) is 7.45. The molecule has 3 unspecified atom stereocenters. The van der Waals surface area contributed by atoms with Crippen LogP contribution in [0.25, 0.3) is 0 Å². The second kappa shape index (κ2) is 47.1. The summed E-state index contributed by atoms with van der Waals surface area (Å²) in [5.74, 6) is -0.582. The van der Waals surface area contributed by atoms with Crippen molar-refractivity contribution in [2.45, 2.75) is 238 Å². The number of amides is 1. The van der Waals surface area contributed by atoms with Crippen LogP contribution in [0.4, 0.5) is 0 Å². The van der Waals surface area contributed by atoms with Gasteiger partial charge in [0.05, 0.1) is 33.8 Å². The molecular formula is C57H103N2O7P. The molecule has 388 valence electrons. The molecule has 0 radical (unpaired) electrons. The van der Waals surface area contributed by atoms with Gasteiger partial charge in [-0.15, -0.1) is 0 Å². The molecule has 0 aromatic rings. The number of carbonyl (C=O) groups is 2. The molecular weight excluding hydrogens is 856 g/mol. The summed E-state index contributed by atoms with van der Waals surface area (Å²) in [6, 6.07) is -0.904. The van der Waals surface area contributed by atoms with Crippen molar-refractivity contribution >= 4 is 19.7 Å². The summed E-state index contributed by atoms with van der Waals surface area (Å²) >= 11 is 0. The highest BCUT2D eigenvalue weighted by molar-refractivity contribution is 7.45. The van der Waals surface area contributed by atoms with Crippen LogP contribution < -0.4 is 10.2 Å². The van der Waals surface area contributed by atoms with Crippen molar-refractivity contribution in [3.63, 3.8) is 0 Å². The van der Waals surface area contributed by atoms with E-state index in [2.05, 4.69) is 80.8 Å². The number of nitrogens with zero attached hydrogens (tertiary/aromatic N) is 1. The molecule has 9 nitrogen and oxygen atoms in total. The molecule has 10 heteroatoms. The minimum absolute atomic E-state index is 0.0309. The predicted octanol–water partition coefficient (Wildman–Crippen LogP) is 15.5. The largest absolute Gasteiger partial charge is 0.756 e. The van der Waals surface area contributed by atoms with E-state index in [4.69, 9.17) is 13.8 Å². The van der Waals surface area contributed by atoms with E-state index in [1.165, 1.54) is 77.0 Å². The Hall–Kier alpha value is -2.55. The summed E-state index contributed by atoms with van der Waals surface area (Å²) in [7, 11) is 1.15. The topological polar surface area (TPSA) is 114 Å². The monoisotopic (exact) mass is 959 g/mol. The standard InChI is InChI=1S/C57H103N2O7P/c1-7-10-13-16-19-22-25-28-29-32-34-37-40-43-46-49-56(60)58-54(53-65-67(62,63)64-52-51-59(4,5)6)55(48-45-42-39-36-33-30-26-23-20-17-14-11-8-2)66-57(61)50-47-44-41-38-35-31-27-24-21-18-15-12-9-3/h12,15,18-19,21-22,24-25,27-28,45,48,54-55H,7-11,13-14,16-17,20,23,26,29-44,46-47,49-53H2,1-6H3,(H-,58,60,62,63)/b15-12+,21-18+,22-19+,27-24-,28-25+,48-45+. The number of unbranched alkanes of at least 4 members (excludes halogenated alkanes) is 25. The van der Waals surface area contributed by atoms with Crippen molar-refractivity contribution in [1.29, 1.82) is 0 Å². The average molecular weight is 959 g/mol. The average Bonchev–Trinajstić information content (AvgIpc) is 3.28. The van der Waals surface area contributed by atoms with Crippen molar-refractivity contribution in [2.24, 2.45) is 0 Å². The zero-order chi connectivity index (χ0) is 49.4. The molecule has 0 fully saturated rings. The molecule has 0 aliphatic carbocycles. The first-order valence-corrected chi connectivity index (χ1v) is 28.8. The fourth-order valence-corrected chi connectivity index (χ4v) is 8.18. The predicted molar refractivity (Wildman–Crippen MR) is 284 cm³/mol. The van der Waals surface area contributed by atoms with E-state index in [-0.39, 0.29) is 24.9 Å². The molecule has 0 saturated heterocycles. The van der Waals surface area contributed by atoms with Gasteiger partial charge < -0.3 is 28.5 Å². The van der Waals surface area contributed by atoms with Gasteiger partial charge in [-0.25, -0.2) is 0 Å². The van der Waals surface area contributed by atoms with Gasteiger partial charge >= 0.3 is 5.97 Å². The van der Waals surface area contributed by atoms with Crippen LogP contribution in [0.1, 0.15) is 226 Å². The quantitative estimate of drug-likeness (QED) is 0.0161. The normalized spacial score (nSPS) is 14.4. The third kappa shape index (κ3) is 48.3. The van der Waals surface area contributed by atoms with E-state index in [9.17, 15) is 19.0 Å². The molecule has 3 atom stereocenters. The lowest BCUT2D eigenvalue weighted by molar-refractivity contribution is -0.870. The van der Waals surface area contributed by atoms with E-state index >= 15 is 0 Å². The molecule has 0 aromatic carbocycles. The summed E-state index contributed by atoms with van der Waals surface area (Å²) in [6.45, 7) is 6.64. The molecule has 0 saturated carbocycles. The number of allylic oxidation sites excluding steroid dienone is 11. The van der Waals surface area contributed by atoms with Gasteiger partial charge in [0.15, 0.2) is 0 Å². The number of likely N-dealkylation sites (N-methyl/N-ethyl adjacent to an activating group) is 1. The second-order valence-electron chi connectivity index (χ2n) is 19.4. The minimum Gasteiger partial charge on any atom is -0.756 e. The maximum Gasteiger partial charge on any atom is 0.306 e. The van der Waals surface area contributed by atoms with E-state index in [1.54, 1.807) is 0 Å². The molecule has 67 heavy (non-hydrogen) atoms. The number of phosphoric ester groups is 1. The van der Waals surface area contributed by atoms with Crippen molar-refractivity contribution in [1.82, 2.24) is 5.32 Å². The number of nitrogens with one attached hydrogen (secondary N) is 1. The molecule has 0 heterocycles. The number of esters is 1. The van der Waals surface area contributed by atoms with E-state index in [1.807, 2.05) is 39.4 Å². The number of ether oxygens (including phenoxy) is 1. The van der Waals surface area contributed by atoms with E-state index in [0.717, 1.165) is 109 Å². The Morgan fingerprint density at radius 3 is 1.46 bits per heavy atom. The van der Waals surface area contributed by atoms with Gasteiger partial charge in [-0.2, -0.15) is 0 Å². The Kier molecular flexibility index (Phi) is 45.3. The van der Waals surface area contributed by atoms with Crippen molar-refractivity contribution in [2.75, 3.05) is 40.9 Å². The SMILES string of the molecule is CC/C=C/C=C/C=C\CCCCCCCC(=O)OC(/C=C/CCCCCCCCCCCCC)C(COP(=O)([O-])OCC[N+](C)(C)C)NC(=O)CCCCCCCC/C=C/C=C/CCCCC. The zero-order valence-corrected chi connectivity index (χ0v) is 45.0. The lowest BCUT2D eigenvalue weighted by Crippen LogP contribution is -2.47. The highest BCUT2D eigenvalue weighted by Crippen LogP contribution is 2.38. The van der Waals surface area contributed by atoms with Gasteiger partial charge in [0.25, 0.3) is 7.82 Å². The van der Waals surface area contributed by atoms with Gasteiger partial charge in [-0.1, -0.05) is 210 Å². The second-order valence-corrected chi connectivity index (χ2v) is 20.8. The van der Waals surface area contributed by atoms with Crippen LogP contribution in [-0.2, 0) is 27.9 Å². The highest BCUT2D eigenvalue weighted by atomic mass is 31.2. The molecule has 0 spiro atoms. The Morgan fingerprint density at radius 1 is 0.537 bits per heavy atom. The molecule has 1 amide bonds. The summed E-state index contributed by atoms with van der Waals surface area (Å²) in [5, 5.41) is 3.00. The zero-order valence-electron chi connectivity index (χ0n) is 44.1. The third-order valence-electron chi connectivity index (χ3n) is 11.7. The molecule has 0 aliphatic rings. The highest BCUT2D eigenvalue weighted by Gasteiger charge is 2.27. The van der Waals surface area contributed by atoms with E-state index in [0.29, 0.717) is 23.9 Å². The van der Waals surface area contributed by atoms with Gasteiger partial charge in [-0.05, 0) is 76.7 Å². The molecule has 0 aromatic heterocycles. The Bertz CT molecular complexity index is 1380. The molecule has 0 rings (SSSR count). The number of phosphoric acid groups is 1. The van der Waals surface area contributed by atoms with Crippen LogP contribution in [0, 0.1) is 0 Å². The smallest absolute Gasteiger partial charge is 0.306 e. The number of rotatable bonds is 48. The van der Waals surface area contributed by atoms with Gasteiger partial charge in [0.2, 0.25) is 5.91 Å². The minimum atomic E-state index is -4.70. The fraction of sp³-hybridized carbons (Fsp3) is 0.754. The number of quaternary nitrogens is 1. The first-order valence-electron chi connectivity index (χ1n) is 27.3. The van der Waals surface area contributed by atoms with Crippen LogP contribution in [0.5, 0.6) is 0 Å². The van der Waals surface area contributed by atoms with Crippen LogP contribution >= 0.6 is 7.82 Å². The Morgan fingerprint density at radius 2 is 0.955 bits per heavy atom. The lowest BCUT2D eigenvalue weighted by Gasteiger charge is -2.30. The molecule has 0 bridgehead atoms. The van der Waals surface area contributed by atoms with Gasteiger partial charge in [-0.3, -0.25) is 14.2 Å². The first-order chi connectivity index (χ1) is 32.4. The van der Waals surface area contributed by atoms with Gasteiger partial charge in [0.1, 0.15) is 19.3 Å². The van der Waals surface area contributed by atoms with Crippen molar-refractivity contribution in [3.05, 3.63) is 72.9 Å². The van der Waals surface area contributed by atoms with Crippen LogP contribution in [0.15, 0.2) is 72.9 Å². The maximum absolute atomic E-state index is 13.4. The van der Waals surface area contributed by atoms with Crippen LogP contribution in [-0.4, -0.2) is 69.4 Å². The summed E-state index contributed by atoms with van der Waals surface area (Å²) < 4.78 is 30.1. The van der Waals surface area contributed by atoms with Crippen LogP contribution in [0.2, 0.25) is 0 Å². The number of carbonyl (C=O) groups excluding carboxylic acids is 2.